The van der Waals surface area contributed by atoms with Gasteiger partial charge in [0.1, 0.15) is 4.90 Å². The standard InChI is InChI=1S/C12H14F2N2O4S/c13-9-4-7(12(17)18)5-10(11(9)14)21(19,20)16-3-1-2-8(15)6-16/h4-5,8H,1-3,6,15H2,(H,17,18). The minimum Gasteiger partial charge on any atom is -0.478 e. The molecular weight excluding hydrogens is 306 g/mol. The first-order valence-electron chi connectivity index (χ1n) is 6.21. The Morgan fingerprint density at radius 1 is 1.38 bits per heavy atom. The zero-order chi connectivity index (χ0) is 15.8. The molecule has 1 fully saturated rings. The molecule has 0 aromatic heterocycles. The van der Waals surface area contributed by atoms with Crippen LogP contribution in [0.1, 0.15) is 23.2 Å². The van der Waals surface area contributed by atoms with Gasteiger partial charge in [0, 0.05) is 19.1 Å². The zero-order valence-electron chi connectivity index (χ0n) is 10.9. The second kappa shape index (κ2) is 5.66. The van der Waals surface area contributed by atoms with E-state index in [2.05, 4.69) is 0 Å². The number of nitrogens with two attached hydrogens (primary N) is 1. The molecule has 0 radical (unpaired) electrons. The van der Waals surface area contributed by atoms with Gasteiger partial charge in [0.05, 0.1) is 5.56 Å². The molecule has 0 bridgehead atoms. The van der Waals surface area contributed by atoms with E-state index in [0.717, 1.165) is 4.31 Å². The van der Waals surface area contributed by atoms with E-state index in [1.54, 1.807) is 0 Å². The van der Waals surface area contributed by atoms with E-state index < -0.39 is 38.1 Å². The lowest BCUT2D eigenvalue weighted by Crippen LogP contribution is -2.45. The van der Waals surface area contributed by atoms with Crippen LogP contribution < -0.4 is 5.73 Å². The average Bonchev–Trinajstić information content (AvgIpc) is 2.41. The quantitative estimate of drug-likeness (QED) is 0.857. The van der Waals surface area contributed by atoms with Crippen molar-refractivity contribution in [3.05, 3.63) is 29.3 Å². The molecule has 6 nitrogen and oxygen atoms in total. The van der Waals surface area contributed by atoms with Gasteiger partial charge in [-0.1, -0.05) is 0 Å². The highest BCUT2D eigenvalue weighted by molar-refractivity contribution is 7.89. The van der Waals surface area contributed by atoms with Crippen LogP contribution in [0.2, 0.25) is 0 Å². The minimum atomic E-state index is -4.33. The number of halogens is 2. The summed E-state index contributed by atoms with van der Waals surface area (Å²) in [6, 6.07) is 0.679. The third-order valence-corrected chi connectivity index (χ3v) is 5.14. The Labute approximate surface area is 120 Å². The summed E-state index contributed by atoms with van der Waals surface area (Å²) in [4.78, 5) is 9.88. The number of nitrogens with zero attached hydrogens (tertiary/aromatic N) is 1. The van der Waals surface area contributed by atoms with E-state index in [0.29, 0.717) is 25.0 Å². The Kier molecular flexibility index (Phi) is 4.26. The molecule has 0 amide bonds. The van der Waals surface area contributed by atoms with Crippen LogP contribution in [0, 0.1) is 11.6 Å². The van der Waals surface area contributed by atoms with Gasteiger partial charge >= 0.3 is 5.97 Å². The average molecular weight is 320 g/mol. The van der Waals surface area contributed by atoms with Crippen LogP contribution >= 0.6 is 0 Å². The third kappa shape index (κ3) is 3.04. The SMILES string of the molecule is NC1CCCN(S(=O)(=O)c2cc(C(=O)O)cc(F)c2F)C1. The molecule has 1 heterocycles. The van der Waals surface area contributed by atoms with Crippen LogP contribution in [0.25, 0.3) is 0 Å². The molecule has 21 heavy (non-hydrogen) atoms. The summed E-state index contributed by atoms with van der Waals surface area (Å²) in [6.45, 7) is 0.120. The number of carbonyl (C=O) groups is 1. The summed E-state index contributed by atoms with van der Waals surface area (Å²) >= 11 is 0. The van der Waals surface area contributed by atoms with E-state index in [4.69, 9.17) is 10.8 Å². The number of hydrogen-bond donors (Lipinski definition) is 2. The smallest absolute Gasteiger partial charge is 0.335 e. The van der Waals surface area contributed by atoms with E-state index in [-0.39, 0.29) is 19.1 Å². The molecule has 1 aromatic carbocycles. The molecule has 1 aliphatic rings. The molecule has 3 N–H and O–H groups in total. The van der Waals surface area contributed by atoms with Crippen molar-refractivity contribution in [2.24, 2.45) is 5.73 Å². The first-order chi connectivity index (χ1) is 9.73. The van der Waals surface area contributed by atoms with Gasteiger partial charge in [-0.15, -0.1) is 0 Å². The molecule has 0 spiro atoms. The van der Waals surface area contributed by atoms with Gasteiger partial charge in [-0.05, 0) is 25.0 Å². The van der Waals surface area contributed by atoms with Crippen LogP contribution in [0.3, 0.4) is 0 Å². The van der Waals surface area contributed by atoms with Crippen molar-refractivity contribution in [1.82, 2.24) is 4.31 Å². The monoisotopic (exact) mass is 320 g/mol. The Morgan fingerprint density at radius 3 is 2.62 bits per heavy atom. The highest BCUT2D eigenvalue weighted by Crippen LogP contribution is 2.25. The van der Waals surface area contributed by atoms with Gasteiger partial charge in [0.2, 0.25) is 10.0 Å². The maximum atomic E-state index is 13.8. The van der Waals surface area contributed by atoms with Crippen LogP contribution in [0.5, 0.6) is 0 Å². The Bertz CT molecular complexity index is 678. The van der Waals surface area contributed by atoms with Gasteiger partial charge < -0.3 is 10.8 Å². The number of aromatic carboxylic acids is 1. The van der Waals surface area contributed by atoms with Gasteiger partial charge in [0.15, 0.2) is 11.6 Å². The maximum absolute atomic E-state index is 13.8. The number of sulfonamides is 1. The Hall–Kier alpha value is -1.58. The second-order valence-corrected chi connectivity index (χ2v) is 6.75. The number of carboxylic acid groups (broad SMARTS) is 1. The lowest BCUT2D eigenvalue weighted by atomic mass is 10.1. The summed E-state index contributed by atoms with van der Waals surface area (Å²) < 4.78 is 52.9. The number of benzene rings is 1. The largest absolute Gasteiger partial charge is 0.478 e. The molecule has 0 aliphatic carbocycles. The topological polar surface area (TPSA) is 101 Å². The van der Waals surface area contributed by atoms with Gasteiger partial charge in [-0.3, -0.25) is 0 Å². The van der Waals surface area contributed by atoms with Crippen molar-refractivity contribution >= 4 is 16.0 Å². The molecule has 1 atom stereocenters. The lowest BCUT2D eigenvalue weighted by Gasteiger charge is -2.30. The summed E-state index contributed by atoms with van der Waals surface area (Å²) in [5.41, 5.74) is 5.05. The van der Waals surface area contributed by atoms with Crippen molar-refractivity contribution < 1.29 is 27.1 Å². The van der Waals surface area contributed by atoms with E-state index >= 15 is 0 Å². The van der Waals surface area contributed by atoms with Gasteiger partial charge in [-0.2, -0.15) is 4.31 Å². The molecule has 1 saturated heterocycles. The molecular formula is C12H14F2N2O4S. The normalized spacial score (nSPS) is 20.4. The molecule has 0 saturated carbocycles. The van der Waals surface area contributed by atoms with Crippen molar-refractivity contribution in [1.29, 1.82) is 0 Å². The van der Waals surface area contributed by atoms with E-state index in [9.17, 15) is 22.0 Å². The van der Waals surface area contributed by atoms with Gasteiger partial charge in [-0.25, -0.2) is 22.0 Å². The van der Waals surface area contributed by atoms with E-state index in [1.807, 2.05) is 0 Å². The summed E-state index contributed by atoms with van der Waals surface area (Å²) in [5.74, 6) is -4.64. The number of carboxylic acids is 1. The zero-order valence-corrected chi connectivity index (χ0v) is 11.7. The van der Waals surface area contributed by atoms with Crippen molar-refractivity contribution in [2.45, 2.75) is 23.8 Å². The van der Waals surface area contributed by atoms with E-state index in [1.165, 1.54) is 0 Å². The Balaban J connectivity index is 2.51. The molecule has 2 rings (SSSR count). The summed E-state index contributed by atoms with van der Waals surface area (Å²) in [7, 11) is -4.33. The number of rotatable bonds is 3. The van der Waals surface area contributed by atoms with Crippen LogP contribution in [-0.4, -0.2) is 42.9 Å². The minimum absolute atomic E-state index is 0.0132. The van der Waals surface area contributed by atoms with Crippen molar-refractivity contribution in [3.8, 4) is 0 Å². The van der Waals surface area contributed by atoms with Crippen LogP contribution in [0.15, 0.2) is 17.0 Å². The molecule has 116 valence electrons. The second-order valence-electron chi connectivity index (χ2n) is 4.84. The summed E-state index contributed by atoms with van der Waals surface area (Å²) in [5, 5.41) is 8.83. The fraction of sp³-hybridized carbons (Fsp3) is 0.417. The molecule has 1 aliphatic heterocycles. The fourth-order valence-corrected chi connectivity index (χ4v) is 3.84. The highest BCUT2D eigenvalue weighted by atomic mass is 32.2. The molecule has 9 heteroatoms. The predicted octanol–water partition coefficient (Wildman–Crippen LogP) is 0.775. The number of hydrogen-bond acceptors (Lipinski definition) is 4. The first kappa shape index (κ1) is 15.8. The van der Waals surface area contributed by atoms with Crippen molar-refractivity contribution in [3.63, 3.8) is 0 Å². The molecule has 1 unspecified atom stereocenters. The summed E-state index contributed by atoms with van der Waals surface area (Å²) in [6.07, 6.45) is 1.14. The maximum Gasteiger partial charge on any atom is 0.335 e. The Morgan fingerprint density at radius 2 is 2.05 bits per heavy atom. The van der Waals surface area contributed by atoms with Crippen LogP contribution in [-0.2, 0) is 10.0 Å². The van der Waals surface area contributed by atoms with Crippen LogP contribution in [0.4, 0.5) is 8.78 Å². The lowest BCUT2D eigenvalue weighted by molar-refractivity contribution is 0.0696. The number of piperidine rings is 1. The predicted molar refractivity (Wildman–Crippen MR) is 69.3 cm³/mol. The first-order valence-corrected chi connectivity index (χ1v) is 7.65. The third-order valence-electron chi connectivity index (χ3n) is 3.28. The fourth-order valence-electron chi connectivity index (χ4n) is 2.21. The van der Waals surface area contributed by atoms with Gasteiger partial charge in [0.25, 0.3) is 0 Å². The molecule has 1 aromatic rings. The highest BCUT2D eigenvalue weighted by Gasteiger charge is 2.33. The van der Waals surface area contributed by atoms with Crippen molar-refractivity contribution in [2.75, 3.05) is 13.1 Å².